The van der Waals surface area contributed by atoms with Gasteiger partial charge >= 0.3 is 0 Å². The molecule has 1 rings (SSSR count). The van der Waals surface area contributed by atoms with Crippen molar-refractivity contribution in [1.29, 1.82) is 0 Å². The minimum atomic E-state index is 0.118. The molecule has 0 radical (unpaired) electrons. The number of nitrogens with zero attached hydrogens (tertiary/aromatic N) is 2. The van der Waals surface area contributed by atoms with Gasteiger partial charge in [0.2, 0.25) is 5.89 Å². The van der Waals surface area contributed by atoms with Gasteiger partial charge in [0.25, 0.3) is 0 Å². The summed E-state index contributed by atoms with van der Waals surface area (Å²) in [7, 11) is 0. The fraction of sp³-hybridized carbons (Fsp3) is 0.818. The summed E-state index contributed by atoms with van der Waals surface area (Å²) in [5.41, 5.74) is 6.00. The van der Waals surface area contributed by atoms with Crippen molar-refractivity contribution in [3.8, 4) is 0 Å². The lowest BCUT2D eigenvalue weighted by atomic mass is 9.92. The molecule has 1 aromatic heterocycles. The normalized spacial score (nSPS) is 14.2. The van der Waals surface area contributed by atoms with Crippen LogP contribution in [0.2, 0.25) is 0 Å². The van der Waals surface area contributed by atoms with E-state index in [9.17, 15) is 0 Å². The largest absolute Gasteiger partial charge is 0.339 e. The van der Waals surface area contributed by atoms with Crippen LogP contribution in [0.25, 0.3) is 0 Å². The highest BCUT2D eigenvalue weighted by Crippen LogP contribution is 2.18. The monoisotopic (exact) mass is 211 g/mol. The minimum absolute atomic E-state index is 0.118. The Morgan fingerprint density at radius 2 is 2.07 bits per heavy atom. The first-order valence-corrected chi connectivity index (χ1v) is 5.48. The number of nitrogens with two attached hydrogens (primary N) is 1. The second-order valence-corrected chi connectivity index (χ2v) is 5.21. The van der Waals surface area contributed by atoms with E-state index >= 15 is 0 Å². The van der Waals surface area contributed by atoms with E-state index < -0.39 is 0 Å². The predicted octanol–water partition coefficient (Wildman–Crippen LogP) is 1.94. The molecule has 1 heterocycles. The minimum Gasteiger partial charge on any atom is -0.339 e. The van der Waals surface area contributed by atoms with Gasteiger partial charge in [-0.1, -0.05) is 32.9 Å². The van der Waals surface area contributed by atoms with Crippen molar-refractivity contribution in [2.75, 3.05) is 0 Å². The highest BCUT2D eigenvalue weighted by molar-refractivity contribution is 4.91. The van der Waals surface area contributed by atoms with Gasteiger partial charge in [-0.3, -0.25) is 0 Å². The lowest BCUT2D eigenvalue weighted by Crippen LogP contribution is -2.21. The van der Waals surface area contributed by atoms with E-state index in [0.29, 0.717) is 12.3 Å². The third kappa shape index (κ3) is 4.42. The Hall–Kier alpha value is -0.900. The first-order valence-electron chi connectivity index (χ1n) is 5.48. The Morgan fingerprint density at radius 3 is 2.60 bits per heavy atom. The van der Waals surface area contributed by atoms with E-state index in [4.69, 9.17) is 10.3 Å². The average molecular weight is 211 g/mol. The molecular formula is C11H21N3O. The summed E-state index contributed by atoms with van der Waals surface area (Å²) in [6, 6.07) is 0.118. The Balaban J connectivity index is 2.56. The van der Waals surface area contributed by atoms with Crippen LogP contribution in [0.1, 0.15) is 45.8 Å². The zero-order valence-electron chi connectivity index (χ0n) is 10.1. The molecule has 0 aliphatic carbocycles. The Morgan fingerprint density at radius 1 is 1.40 bits per heavy atom. The van der Waals surface area contributed by atoms with E-state index in [-0.39, 0.29) is 11.5 Å². The van der Waals surface area contributed by atoms with Crippen LogP contribution in [0.5, 0.6) is 0 Å². The zero-order valence-corrected chi connectivity index (χ0v) is 10.1. The summed E-state index contributed by atoms with van der Waals surface area (Å²) in [5, 5.41) is 3.95. The maximum Gasteiger partial charge on any atom is 0.228 e. The van der Waals surface area contributed by atoms with E-state index in [1.54, 1.807) is 0 Å². The Labute approximate surface area is 91.2 Å². The molecule has 0 aromatic carbocycles. The van der Waals surface area contributed by atoms with E-state index in [2.05, 4.69) is 37.8 Å². The fourth-order valence-corrected chi connectivity index (χ4v) is 1.29. The van der Waals surface area contributed by atoms with Crippen molar-refractivity contribution in [2.24, 2.45) is 11.1 Å². The lowest BCUT2D eigenvalue weighted by Gasteiger charge is -2.14. The van der Waals surface area contributed by atoms with Gasteiger partial charge in [0.15, 0.2) is 5.82 Å². The summed E-state index contributed by atoms with van der Waals surface area (Å²) in [4.78, 5) is 4.33. The zero-order chi connectivity index (χ0) is 11.5. The van der Waals surface area contributed by atoms with Crippen LogP contribution < -0.4 is 5.73 Å². The van der Waals surface area contributed by atoms with Gasteiger partial charge in [0, 0.05) is 18.9 Å². The van der Waals surface area contributed by atoms with Crippen molar-refractivity contribution < 1.29 is 4.52 Å². The third-order valence-corrected chi connectivity index (χ3v) is 2.16. The molecule has 15 heavy (non-hydrogen) atoms. The highest BCUT2D eigenvalue weighted by atomic mass is 16.5. The van der Waals surface area contributed by atoms with Crippen LogP contribution in [0.3, 0.4) is 0 Å². The van der Waals surface area contributed by atoms with Crippen molar-refractivity contribution >= 4 is 0 Å². The SMILES string of the molecule is CCC(N)Cc1nc(CC(C)(C)C)no1. The van der Waals surface area contributed by atoms with Gasteiger partial charge < -0.3 is 10.3 Å². The van der Waals surface area contributed by atoms with Crippen molar-refractivity contribution in [3.05, 3.63) is 11.7 Å². The summed E-state index contributed by atoms with van der Waals surface area (Å²) in [6.07, 6.45) is 2.43. The van der Waals surface area contributed by atoms with Crippen molar-refractivity contribution in [2.45, 2.75) is 53.0 Å². The second kappa shape index (κ2) is 4.75. The molecule has 2 N–H and O–H groups in total. The lowest BCUT2D eigenvalue weighted by molar-refractivity contribution is 0.348. The summed E-state index contributed by atoms with van der Waals surface area (Å²) < 4.78 is 5.14. The van der Waals surface area contributed by atoms with Crippen LogP contribution in [0.15, 0.2) is 4.52 Å². The van der Waals surface area contributed by atoms with Crippen LogP contribution >= 0.6 is 0 Å². The molecule has 4 nitrogen and oxygen atoms in total. The third-order valence-electron chi connectivity index (χ3n) is 2.16. The Bertz CT molecular complexity index is 301. The molecule has 0 amide bonds. The molecule has 1 aromatic rings. The molecule has 1 atom stereocenters. The standard InChI is InChI=1S/C11H21N3O/c1-5-8(12)6-10-13-9(14-15-10)7-11(2,3)4/h8H,5-7,12H2,1-4H3. The summed E-state index contributed by atoms with van der Waals surface area (Å²) in [5.74, 6) is 1.43. The fourth-order valence-electron chi connectivity index (χ4n) is 1.29. The molecule has 0 aliphatic rings. The molecule has 0 spiro atoms. The smallest absolute Gasteiger partial charge is 0.228 e. The number of aromatic nitrogens is 2. The molecule has 0 bridgehead atoms. The highest BCUT2D eigenvalue weighted by Gasteiger charge is 2.16. The molecule has 1 unspecified atom stereocenters. The van der Waals surface area contributed by atoms with Crippen LogP contribution in [-0.4, -0.2) is 16.2 Å². The molecule has 0 aliphatic heterocycles. The van der Waals surface area contributed by atoms with Gasteiger partial charge in [-0.15, -0.1) is 0 Å². The molecule has 0 saturated carbocycles. The predicted molar refractivity (Wildman–Crippen MR) is 59.4 cm³/mol. The number of rotatable bonds is 4. The van der Waals surface area contributed by atoms with Gasteiger partial charge in [-0.2, -0.15) is 4.98 Å². The average Bonchev–Trinajstić information content (AvgIpc) is 2.49. The molecule has 4 heteroatoms. The van der Waals surface area contributed by atoms with Crippen LogP contribution in [0, 0.1) is 5.41 Å². The molecule has 86 valence electrons. The molecular weight excluding hydrogens is 190 g/mol. The van der Waals surface area contributed by atoms with Crippen molar-refractivity contribution in [1.82, 2.24) is 10.1 Å². The summed E-state index contributed by atoms with van der Waals surface area (Å²) >= 11 is 0. The van der Waals surface area contributed by atoms with Crippen LogP contribution in [-0.2, 0) is 12.8 Å². The maximum absolute atomic E-state index is 5.81. The van der Waals surface area contributed by atoms with E-state index in [1.807, 2.05) is 0 Å². The molecule has 0 fully saturated rings. The second-order valence-electron chi connectivity index (χ2n) is 5.21. The Kier molecular flexibility index (Phi) is 3.85. The quantitative estimate of drug-likeness (QED) is 0.826. The summed E-state index contributed by atoms with van der Waals surface area (Å²) in [6.45, 7) is 8.51. The van der Waals surface area contributed by atoms with Gasteiger partial charge in [-0.25, -0.2) is 0 Å². The van der Waals surface area contributed by atoms with E-state index in [0.717, 1.165) is 18.7 Å². The first kappa shape index (κ1) is 12.2. The van der Waals surface area contributed by atoms with Gasteiger partial charge in [0.1, 0.15) is 0 Å². The maximum atomic E-state index is 5.81. The number of hydrogen-bond acceptors (Lipinski definition) is 4. The first-order chi connectivity index (χ1) is 6.90. The van der Waals surface area contributed by atoms with Crippen molar-refractivity contribution in [3.63, 3.8) is 0 Å². The van der Waals surface area contributed by atoms with Crippen LogP contribution in [0.4, 0.5) is 0 Å². The topological polar surface area (TPSA) is 64.9 Å². The van der Waals surface area contributed by atoms with Gasteiger partial charge in [0.05, 0.1) is 0 Å². The van der Waals surface area contributed by atoms with Gasteiger partial charge in [-0.05, 0) is 11.8 Å². The molecule has 0 saturated heterocycles. The number of hydrogen-bond donors (Lipinski definition) is 1. The van der Waals surface area contributed by atoms with E-state index in [1.165, 1.54) is 0 Å².